The van der Waals surface area contributed by atoms with Crippen molar-refractivity contribution < 1.29 is 14.1 Å². The number of aliphatic hydroxyl groups excluding tert-OH is 1. The van der Waals surface area contributed by atoms with Gasteiger partial charge in [0.15, 0.2) is 11.2 Å². The second-order valence-electron chi connectivity index (χ2n) is 3.92. The maximum atomic E-state index is 11.8. The zero-order valence-electron chi connectivity index (χ0n) is 9.20. The zero-order valence-corrected chi connectivity index (χ0v) is 10.0. The van der Waals surface area contributed by atoms with Gasteiger partial charge in [0.1, 0.15) is 5.82 Å². The fourth-order valence-electron chi connectivity index (χ4n) is 1.57. The largest absolute Gasteiger partial charge is 0.392 e. The van der Waals surface area contributed by atoms with Crippen molar-refractivity contribution in [1.82, 2.24) is 9.55 Å². The second-order valence-corrected chi connectivity index (χ2v) is 5.81. The molecule has 1 aliphatic heterocycles. The SMILES string of the molecule is C[C@@]1(CO)O[C@@H](n2ccc(N)nc2=O)CS1=O. The molecule has 94 valence electrons. The summed E-state index contributed by atoms with van der Waals surface area (Å²) in [4.78, 5) is 14.0. The summed E-state index contributed by atoms with van der Waals surface area (Å²) in [5.41, 5.74) is 4.81. The van der Waals surface area contributed by atoms with E-state index in [0.29, 0.717) is 0 Å². The average Bonchev–Trinajstić information content (AvgIpc) is 2.56. The predicted molar refractivity (Wildman–Crippen MR) is 61.5 cm³/mol. The molecule has 3 N–H and O–H groups in total. The molecule has 1 fully saturated rings. The molecule has 0 spiro atoms. The molecule has 1 aliphatic rings. The minimum Gasteiger partial charge on any atom is -0.392 e. The van der Waals surface area contributed by atoms with Gasteiger partial charge in [-0.2, -0.15) is 4.98 Å². The van der Waals surface area contributed by atoms with Crippen LogP contribution in [0.3, 0.4) is 0 Å². The lowest BCUT2D eigenvalue weighted by Crippen LogP contribution is -2.34. The highest BCUT2D eigenvalue weighted by Crippen LogP contribution is 2.31. The molecule has 7 nitrogen and oxygen atoms in total. The van der Waals surface area contributed by atoms with Crippen LogP contribution in [0.1, 0.15) is 13.2 Å². The van der Waals surface area contributed by atoms with Crippen molar-refractivity contribution in [1.29, 1.82) is 0 Å². The van der Waals surface area contributed by atoms with Gasteiger partial charge in [0.2, 0.25) is 0 Å². The summed E-state index contributed by atoms with van der Waals surface area (Å²) < 4.78 is 18.4. The van der Waals surface area contributed by atoms with E-state index in [2.05, 4.69) is 4.98 Å². The molecule has 0 amide bonds. The van der Waals surface area contributed by atoms with Gasteiger partial charge in [0.25, 0.3) is 0 Å². The third kappa shape index (κ3) is 2.11. The minimum absolute atomic E-state index is 0.121. The molecular formula is C9H13N3O4S. The number of aliphatic hydroxyl groups is 1. The van der Waals surface area contributed by atoms with Crippen LogP contribution in [-0.4, -0.2) is 36.2 Å². The first-order valence-corrected chi connectivity index (χ1v) is 6.30. The molecule has 0 aromatic carbocycles. The fourth-order valence-corrected chi connectivity index (χ4v) is 2.78. The van der Waals surface area contributed by atoms with E-state index in [1.54, 1.807) is 6.92 Å². The Balaban J connectivity index is 2.32. The van der Waals surface area contributed by atoms with Crippen LogP contribution >= 0.6 is 0 Å². The molecule has 0 saturated carbocycles. The highest BCUT2D eigenvalue weighted by molar-refractivity contribution is 7.86. The Morgan fingerprint density at radius 3 is 3.06 bits per heavy atom. The number of aromatic nitrogens is 2. The number of hydrogen-bond donors (Lipinski definition) is 2. The van der Waals surface area contributed by atoms with Crippen LogP contribution in [-0.2, 0) is 15.5 Å². The molecule has 3 atom stereocenters. The Labute approximate surface area is 99.7 Å². The summed E-state index contributed by atoms with van der Waals surface area (Å²) in [6.07, 6.45) is 0.754. The lowest BCUT2D eigenvalue weighted by atomic mass is 10.4. The van der Waals surface area contributed by atoms with Gasteiger partial charge >= 0.3 is 5.69 Å². The maximum absolute atomic E-state index is 11.8. The standard InChI is InChI=1S/C9H13N3O4S/c1-9(5-13)16-7(4-17(9)15)12-3-2-6(10)11-8(12)14/h2-3,7,13H,4-5H2,1H3,(H2,10,11,14)/t7-,9-,17?/m1/s1. The summed E-state index contributed by atoms with van der Waals surface area (Å²) in [6.45, 7) is 1.17. The number of nitrogen functional groups attached to an aromatic ring is 1. The van der Waals surface area contributed by atoms with Crippen molar-refractivity contribution in [3.8, 4) is 0 Å². The van der Waals surface area contributed by atoms with Crippen LogP contribution in [0.25, 0.3) is 0 Å². The topological polar surface area (TPSA) is 107 Å². The van der Waals surface area contributed by atoms with Crippen LogP contribution in [0.5, 0.6) is 0 Å². The summed E-state index contributed by atoms with van der Waals surface area (Å²) in [7, 11) is -1.36. The average molecular weight is 259 g/mol. The molecule has 1 saturated heterocycles. The van der Waals surface area contributed by atoms with Crippen LogP contribution < -0.4 is 11.4 Å². The molecule has 0 bridgehead atoms. The van der Waals surface area contributed by atoms with Gasteiger partial charge < -0.3 is 15.6 Å². The van der Waals surface area contributed by atoms with Crippen LogP contribution in [0.15, 0.2) is 17.1 Å². The number of nitrogens with two attached hydrogens (primary N) is 1. The van der Waals surface area contributed by atoms with Crippen LogP contribution in [0.4, 0.5) is 5.82 Å². The molecular weight excluding hydrogens is 246 g/mol. The summed E-state index contributed by atoms with van der Waals surface area (Å²) >= 11 is 0. The molecule has 17 heavy (non-hydrogen) atoms. The molecule has 1 unspecified atom stereocenters. The van der Waals surface area contributed by atoms with E-state index in [1.807, 2.05) is 0 Å². The molecule has 0 radical (unpaired) electrons. The third-order valence-corrected chi connectivity index (χ3v) is 4.39. The van der Waals surface area contributed by atoms with Gasteiger partial charge in [0, 0.05) is 6.20 Å². The predicted octanol–water partition coefficient (Wildman–Crippen LogP) is -1.19. The molecule has 0 aliphatic carbocycles. The van der Waals surface area contributed by atoms with Gasteiger partial charge in [-0.1, -0.05) is 0 Å². The number of hydrogen-bond acceptors (Lipinski definition) is 6. The Kier molecular flexibility index (Phi) is 3.02. The summed E-state index contributed by atoms with van der Waals surface area (Å²) in [5, 5.41) is 9.13. The van der Waals surface area contributed by atoms with Gasteiger partial charge in [-0.3, -0.25) is 8.78 Å². The van der Waals surface area contributed by atoms with Crippen molar-refractivity contribution >= 4 is 16.6 Å². The first-order chi connectivity index (χ1) is 7.96. The Bertz CT molecular complexity index is 517. The van der Waals surface area contributed by atoms with Crippen molar-refractivity contribution in [2.75, 3.05) is 18.1 Å². The number of rotatable bonds is 2. The minimum atomic E-state index is -1.36. The van der Waals surface area contributed by atoms with Gasteiger partial charge in [-0.05, 0) is 13.0 Å². The normalized spacial score (nSPS) is 32.8. The number of ether oxygens (including phenoxy) is 1. The van der Waals surface area contributed by atoms with E-state index in [9.17, 15) is 9.00 Å². The van der Waals surface area contributed by atoms with Crippen molar-refractivity contribution in [3.63, 3.8) is 0 Å². The monoisotopic (exact) mass is 259 g/mol. The zero-order chi connectivity index (χ0) is 12.6. The van der Waals surface area contributed by atoms with E-state index >= 15 is 0 Å². The smallest absolute Gasteiger partial charge is 0.351 e. The first-order valence-electron chi connectivity index (χ1n) is 4.98. The number of anilines is 1. The Morgan fingerprint density at radius 2 is 2.53 bits per heavy atom. The quantitative estimate of drug-likeness (QED) is 0.691. The van der Waals surface area contributed by atoms with Gasteiger partial charge in [-0.25, -0.2) is 4.79 Å². The van der Waals surface area contributed by atoms with Crippen molar-refractivity contribution in [2.24, 2.45) is 0 Å². The highest BCUT2D eigenvalue weighted by Gasteiger charge is 2.43. The number of nitrogens with zero attached hydrogens (tertiary/aromatic N) is 2. The van der Waals surface area contributed by atoms with Crippen LogP contribution in [0, 0.1) is 0 Å². The summed E-state index contributed by atoms with van der Waals surface area (Å²) in [5.74, 6) is 0.262. The molecule has 1 aromatic heterocycles. The second kappa shape index (κ2) is 4.21. The van der Waals surface area contributed by atoms with E-state index in [0.717, 1.165) is 0 Å². The first kappa shape index (κ1) is 12.2. The van der Waals surface area contributed by atoms with Crippen LogP contribution in [0.2, 0.25) is 0 Å². The Hall–Kier alpha value is -1.25. The molecule has 2 rings (SSSR count). The molecule has 1 aromatic rings. The third-order valence-electron chi connectivity index (χ3n) is 2.61. The maximum Gasteiger partial charge on any atom is 0.351 e. The molecule has 2 heterocycles. The van der Waals surface area contributed by atoms with E-state index in [-0.39, 0.29) is 18.2 Å². The summed E-state index contributed by atoms with van der Waals surface area (Å²) in [6, 6.07) is 1.46. The van der Waals surface area contributed by atoms with E-state index in [4.69, 9.17) is 15.6 Å². The van der Waals surface area contributed by atoms with E-state index in [1.165, 1.54) is 16.8 Å². The van der Waals surface area contributed by atoms with Crippen molar-refractivity contribution in [3.05, 3.63) is 22.7 Å². The van der Waals surface area contributed by atoms with E-state index < -0.39 is 27.7 Å². The molecule has 8 heteroatoms. The van der Waals surface area contributed by atoms with Gasteiger partial charge in [0.05, 0.1) is 23.2 Å². The fraction of sp³-hybridized carbons (Fsp3) is 0.556. The highest BCUT2D eigenvalue weighted by atomic mass is 32.2. The van der Waals surface area contributed by atoms with Gasteiger partial charge in [-0.15, -0.1) is 0 Å². The van der Waals surface area contributed by atoms with Crippen molar-refractivity contribution in [2.45, 2.75) is 18.1 Å². The lowest BCUT2D eigenvalue weighted by molar-refractivity contribution is -0.0621. The lowest BCUT2D eigenvalue weighted by Gasteiger charge is -2.20. The Morgan fingerprint density at radius 1 is 1.82 bits per heavy atom.